The predicted molar refractivity (Wildman–Crippen MR) is 137 cm³/mol. The molecule has 0 unspecified atom stereocenters. The van der Waals surface area contributed by atoms with E-state index in [0.717, 1.165) is 36.7 Å². The van der Waals surface area contributed by atoms with E-state index in [0.29, 0.717) is 23.7 Å². The van der Waals surface area contributed by atoms with Gasteiger partial charge in [-0.3, -0.25) is 14.3 Å². The third-order valence-corrected chi connectivity index (χ3v) is 6.61. The van der Waals surface area contributed by atoms with Crippen LogP contribution in [0.15, 0.2) is 77.6 Å². The lowest BCUT2D eigenvalue weighted by Gasteiger charge is -2.41. The molecule has 0 amide bonds. The second kappa shape index (κ2) is 9.31. The van der Waals surface area contributed by atoms with Gasteiger partial charge in [0.2, 0.25) is 0 Å². The van der Waals surface area contributed by atoms with E-state index >= 15 is 0 Å². The van der Waals surface area contributed by atoms with Crippen LogP contribution in [0.25, 0.3) is 16.6 Å². The molecule has 0 N–H and O–H groups in total. The Morgan fingerprint density at radius 1 is 0.971 bits per heavy atom. The average Bonchev–Trinajstić information content (AvgIpc) is 2.85. The van der Waals surface area contributed by atoms with E-state index in [2.05, 4.69) is 47.9 Å². The van der Waals surface area contributed by atoms with Crippen LogP contribution in [0.4, 0.5) is 5.69 Å². The van der Waals surface area contributed by atoms with E-state index in [1.807, 2.05) is 48.5 Å². The van der Waals surface area contributed by atoms with Gasteiger partial charge in [-0.25, -0.2) is 4.98 Å². The first-order chi connectivity index (χ1) is 16.5. The molecule has 3 aromatic carbocycles. The maximum Gasteiger partial charge on any atom is 0.266 e. The van der Waals surface area contributed by atoms with Crippen LogP contribution in [-0.2, 0) is 6.54 Å². The van der Waals surface area contributed by atoms with Gasteiger partial charge in [-0.1, -0.05) is 42.0 Å². The zero-order valence-electron chi connectivity index (χ0n) is 19.9. The normalized spacial score (nSPS) is 16.7. The molecule has 34 heavy (non-hydrogen) atoms. The van der Waals surface area contributed by atoms with Crippen molar-refractivity contribution in [2.75, 3.05) is 31.6 Å². The Hall–Kier alpha value is -3.64. The van der Waals surface area contributed by atoms with Crippen molar-refractivity contribution >= 4 is 16.6 Å². The minimum atomic E-state index is -0.0727. The highest BCUT2D eigenvalue weighted by Gasteiger charge is 2.26. The Morgan fingerprint density at radius 2 is 1.71 bits per heavy atom. The SMILES string of the molecule is COc1ccccc1-n1c(CN2CCN(c3ccc(C)cc3)[C@H](C)C2)nc2ccccc2c1=O. The molecular formula is C28H30N4O2. The summed E-state index contributed by atoms with van der Waals surface area (Å²) in [6.07, 6.45) is 0. The largest absolute Gasteiger partial charge is 0.495 e. The number of para-hydroxylation sites is 3. The standard InChI is InChI=1S/C28H30N4O2/c1-20-12-14-22(15-13-20)31-17-16-30(18-21(31)2)19-27-29-24-9-5-4-8-23(24)28(33)32(27)25-10-6-7-11-26(25)34-3/h4-15,21H,16-19H2,1-3H3/t21-/m1/s1. The molecule has 2 heterocycles. The minimum absolute atomic E-state index is 0.0727. The number of methoxy groups -OCH3 is 1. The van der Waals surface area contributed by atoms with Crippen LogP contribution < -0.4 is 15.2 Å². The molecule has 1 saturated heterocycles. The molecule has 1 aromatic heterocycles. The molecule has 4 aromatic rings. The van der Waals surface area contributed by atoms with Gasteiger partial charge in [-0.15, -0.1) is 0 Å². The van der Waals surface area contributed by atoms with Crippen LogP contribution in [0.1, 0.15) is 18.3 Å². The highest BCUT2D eigenvalue weighted by molar-refractivity contribution is 5.78. The van der Waals surface area contributed by atoms with E-state index in [1.165, 1.54) is 11.3 Å². The van der Waals surface area contributed by atoms with E-state index < -0.39 is 0 Å². The molecule has 0 saturated carbocycles. The zero-order valence-corrected chi connectivity index (χ0v) is 19.9. The van der Waals surface area contributed by atoms with Crippen molar-refractivity contribution in [3.63, 3.8) is 0 Å². The summed E-state index contributed by atoms with van der Waals surface area (Å²) in [5.41, 5.74) is 3.89. The molecule has 1 aliphatic heterocycles. The smallest absolute Gasteiger partial charge is 0.266 e. The Morgan fingerprint density at radius 3 is 2.47 bits per heavy atom. The Balaban J connectivity index is 1.49. The Kier molecular flexibility index (Phi) is 6.07. The van der Waals surface area contributed by atoms with E-state index in [-0.39, 0.29) is 5.56 Å². The van der Waals surface area contributed by atoms with Gasteiger partial charge in [0.1, 0.15) is 11.6 Å². The van der Waals surface area contributed by atoms with E-state index in [9.17, 15) is 4.79 Å². The molecule has 0 radical (unpaired) electrons. The van der Waals surface area contributed by atoms with Gasteiger partial charge in [-0.05, 0) is 50.2 Å². The molecule has 0 aliphatic carbocycles. The first kappa shape index (κ1) is 22.2. The monoisotopic (exact) mass is 454 g/mol. The fourth-order valence-electron chi connectivity index (χ4n) is 4.84. The average molecular weight is 455 g/mol. The minimum Gasteiger partial charge on any atom is -0.495 e. The lowest BCUT2D eigenvalue weighted by molar-refractivity contribution is 0.214. The summed E-state index contributed by atoms with van der Waals surface area (Å²) >= 11 is 0. The topological polar surface area (TPSA) is 50.6 Å². The van der Waals surface area contributed by atoms with Crippen LogP contribution in [0.3, 0.4) is 0 Å². The van der Waals surface area contributed by atoms with Gasteiger partial charge in [0.25, 0.3) is 5.56 Å². The number of aromatic nitrogens is 2. The predicted octanol–water partition coefficient (Wildman–Crippen LogP) is 4.41. The van der Waals surface area contributed by atoms with Crippen molar-refractivity contribution in [1.82, 2.24) is 14.5 Å². The summed E-state index contributed by atoms with van der Waals surface area (Å²) < 4.78 is 7.31. The summed E-state index contributed by atoms with van der Waals surface area (Å²) in [4.78, 5) is 23.4. The lowest BCUT2D eigenvalue weighted by atomic mass is 10.1. The number of hydrogen-bond acceptors (Lipinski definition) is 5. The number of aryl methyl sites for hydroxylation is 1. The first-order valence-electron chi connectivity index (χ1n) is 11.7. The summed E-state index contributed by atoms with van der Waals surface area (Å²) in [5.74, 6) is 1.38. The zero-order chi connectivity index (χ0) is 23.7. The van der Waals surface area contributed by atoms with E-state index in [4.69, 9.17) is 9.72 Å². The first-order valence-corrected chi connectivity index (χ1v) is 11.7. The van der Waals surface area contributed by atoms with Crippen LogP contribution in [0.5, 0.6) is 5.75 Å². The molecule has 0 spiro atoms. The lowest BCUT2D eigenvalue weighted by Crippen LogP contribution is -2.52. The third kappa shape index (κ3) is 4.17. The maximum absolute atomic E-state index is 13.6. The summed E-state index contributed by atoms with van der Waals surface area (Å²) in [7, 11) is 1.63. The quantitative estimate of drug-likeness (QED) is 0.447. The highest BCUT2D eigenvalue weighted by atomic mass is 16.5. The second-order valence-electron chi connectivity index (χ2n) is 8.97. The molecule has 1 atom stereocenters. The van der Waals surface area contributed by atoms with Gasteiger partial charge in [0.15, 0.2) is 0 Å². The highest BCUT2D eigenvalue weighted by Crippen LogP contribution is 2.25. The van der Waals surface area contributed by atoms with Crippen LogP contribution in [-0.4, -0.2) is 47.2 Å². The molecule has 6 nitrogen and oxygen atoms in total. The van der Waals surface area contributed by atoms with Gasteiger partial charge >= 0.3 is 0 Å². The second-order valence-corrected chi connectivity index (χ2v) is 8.97. The van der Waals surface area contributed by atoms with Crippen molar-refractivity contribution in [2.45, 2.75) is 26.4 Å². The molecule has 1 fully saturated rings. The molecule has 174 valence electrons. The van der Waals surface area contributed by atoms with Crippen molar-refractivity contribution in [3.8, 4) is 11.4 Å². The van der Waals surface area contributed by atoms with Crippen molar-refractivity contribution in [1.29, 1.82) is 0 Å². The number of rotatable bonds is 5. The summed E-state index contributed by atoms with van der Waals surface area (Å²) in [6, 6.07) is 24.3. The molecule has 5 rings (SSSR count). The molecule has 6 heteroatoms. The summed E-state index contributed by atoms with van der Waals surface area (Å²) in [5, 5.41) is 0.606. The fourth-order valence-corrected chi connectivity index (χ4v) is 4.84. The molecular weight excluding hydrogens is 424 g/mol. The number of ether oxygens (including phenoxy) is 1. The molecule has 0 bridgehead atoms. The van der Waals surface area contributed by atoms with Crippen molar-refractivity contribution in [2.24, 2.45) is 0 Å². The fraction of sp³-hybridized carbons (Fsp3) is 0.286. The third-order valence-electron chi connectivity index (χ3n) is 6.61. The van der Waals surface area contributed by atoms with E-state index in [1.54, 1.807) is 11.7 Å². The van der Waals surface area contributed by atoms with Gasteiger partial charge in [0.05, 0.1) is 30.2 Å². The van der Waals surface area contributed by atoms with Crippen LogP contribution >= 0.6 is 0 Å². The number of nitrogens with zero attached hydrogens (tertiary/aromatic N) is 4. The van der Waals surface area contributed by atoms with Gasteiger partial charge in [0, 0.05) is 31.4 Å². The number of piperazine rings is 1. The van der Waals surface area contributed by atoms with Crippen LogP contribution in [0, 0.1) is 6.92 Å². The number of benzene rings is 3. The number of fused-ring (bicyclic) bond motifs is 1. The van der Waals surface area contributed by atoms with Crippen LogP contribution in [0.2, 0.25) is 0 Å². The molecule has 1 aliphatic rings. The summed E-state index contributed by atoms with van der Waals surface area (Å²) in [6.45, 7) is 7.67. The Labute approximate surface area is 200 Å². The van der Waals surface area contributed by atoms with Crippen molar-refractivity contribution in [3.05, 3.63) is 94.5 Å². The number of hydrogen-bond donors (Lipinski definition) is 0. The maximum atomic E-state index is 13.6. The van der Waals surface area contributed by atoms with Gasteiger partial charge < -0.3 is 9.64 Å². The Bertz CT molecular complexity index is 1360. The van der Waals surface area contributed by atoms with Crippen molar-refractivity contribution < 1.29 is 4.74 Å². The number of anilines is 1. The van der Waals surface area contributed by atoms with Gasteiger partial charge in [-0.2, -0.15) is 0 Å².